The van der Waals surface area contributed by atoms with Gasteiger partial charge in [-0.2, -0.15) is 10.2 Å². The number of hydrogen-bond donors (Lipinski definition) is 3. The molecule has 3 heterocycles. The third-order valence-electron chi connectivity index (χ3n) is 6.16. The van der Waals surface area contributed by atoms with E-state index in [4.69, 9.17) is 0 Å². The molecule has 2 saturated heterocycles. The number of carbonyl (C=O) groups is 1. The van der Waals surface area contributed by atoms with Crippen molar-refractivity contribution in [3.63, 3.8) is 0 Å². The van der Waals surface area contributed by atoms with Gasteiger partial charge >= 0.3 is 0 Å². The van der Waals surface area contributed by atoms with Gasteiger partial charge in [-0.05, 0) is 43.0 Å². The topological polar surface area (TPSA) is 126 Å². The van der Waals surface area contributed by atoms with Crippen LogP contribution in [-0.2, 0) is 4.79 Å². The number of likely N-dealkylation sites (tertiary alicyclic amines) is 1. The van der Waals surface area contributed by atoms with Crippen molar-refractivity contribution in [2.45, 2.75) is 38.5 Å². The minimum Gasteiger partial charge on any atom is -0.392 e. The number of aliphatic hydroxyl groups excluding tert-OH is 2. The van der Waals surface area contributed by atoms with Crippen LogP contribution in [0.25, 0.3) is 0 Å². The zero-order valence-corrected chi connectivity index (χ0v) is 17.4. The highest BCUT2D eigenvalue weighted by molar-refractivity contribution is 6.01. The molecule has 2 aliphatic rings. The Labute approximate surface area is 181 Å². The minimum absolute atomic E-state index is 0.215. The van der Waals surface area contributed by atoms with Crippen LogP contribution in [-0.4, -0.2) is 56.7 Å². The van der Waals surface area contributed by atoms with Gasteiger partial charge in [0.25, 0.3) is 0 Å². The second-order valence-corrected chi connectivity index (χ2v) is 8.05. The SMILES string of the molecule is CC[C@]1(C#N)CCN(c2ccnc(Nc3ccc(C(O)N4CC[C@@H](O)C4)cc3)n2)C1=O. The number of amides is 1. The molecule has 0 spiro atoms. The van der Waals surface area contributed by atoms with E-state index in [2.05, 4.69) is 21.4 Å². The summed E-state index contributed by atoms with van der Waals surface area (Å²) >= 11 is 0. The predicted octanol–water partition coefficient (Wildman–Crippen LogP) is 1.93. The quantitative estimate of drug-likeness (QED) is 0.645. The van der Waals surface area contributed by atoms with Gasteiger partial charge in [-0.3, -0.25) is 14.6 Å². The summed E-state index contributed by atoms with van der Waals surface area (Å²) in [6, 6.07) is 11.1. The summed E-state index contributed by atoms with van der Waals surface area (Å²) in [4.78, 5) is 24.8. The van der Waals surface area contributed by atoms with Crippen LogP contribution in [0.3, 0.4) is 0 Å². The smallest absolute Gasteiger partial charge is 0.248 e. The normalized spacial score (nSPS) is 24.9. The van der Waals surface area contributed by atoms with E-state index in [1.807, 2.05) is 36.1 Å². The predicted molar refractivity (Wildman–Crippen MR) is 114 cm³/mol. The number of aliphatic hydroxyl groups is 2. The monoisotopic (exact) mass is 422 g/mol. The van der Waals surface area contributed by atoms with Gasteiger partial charge in [-0.25, -0.2) is 4.98 Å². The van der Waals surface area contributed by atoms with Crippen molar-refractivity contribution >= 4 is 23.4 Å². The molecule has 3 atom stereocenters. The average Bonchev–Trinajstić information content (AvgIpc) is 3.37. The van der Waals surface area contributed by atoms with E-state index < -0.39 is 17.7 Å². The average molecular weight is 422 g/mol. The standard InChI is InChI=1S/C22H26N6O3/c1-2-22(14-23)9-12-28(20(22)31)18-7-10-24-21(26-18)25-16-5-3-15(4-6-16)19(30)27-11-8-17(29)13-27/h3-7,10,17,19,29-30H,2,8-9,11-13H2,1H3,(H,24,25,26)/t17-,19?,22-/m1/s1. The van der Waals surface area contributed by atoms with Crippen molar-refractivity contribution in [2.24, 2.45) is 5.41 Å². The highest BCUT2D eigenvalue weighted by Crippen LogP contribution is 2.36. The summed E-state index contributed by atoms with van der Waals surface area (Å²) in [6.45, 7) is 3.42. The lowest BCUT2D eigenvalue weighted by Gasteiger charge is -2.23. The molecule has 1 aromatic carbocycles. The van der Waals surface area contributed by atoms with Crippen molar-refractivity contribution in [3.8, 4) is 6.07 Å². The molecule has 2 fully saturated rings. The fourth-order valence-electron chi connectivity index (χ4n) is 4.13. The fraction of sp³-hybridized carbons (Fsp3) is 0.455. The van der Waals surface area contributed by atoms with E-state index in [1.165, 1.54) is 0 Å². The van der Waals surface area contributed by atoms with Crippen LogP contribution in [0.15, 0.2) is 36.5 Å². The van der Waals surface area contributed by atoms with Gasteiger partial charge in [0.2, 0.25) is 11.9 Å². The van der Waals surface area contributed by atoms with Gasteiger partial charge in [0.15, 0.2) is 0 Å². The second-order valence-electron chi connectivity index (χ2n) is 8.05. The molecular weight excluding hydrogens is 396 g/mol. The van der Waals surface area contributed by atoms with Gasteiger partial charge in [0, 0.05) is 31.5 Å². The first-order chi connectivity index (χ1) is 15.0. The van der Waals surface area contributed by atoms with Crippen LogP contribution in [0.1, 0.15) is 38.0 Å². The Morgan fingerprint density at radius 1 is 1.32 bits per heavy atom. The number of nitrogens with one attached hydrogen (secondary N) is 1. The number of aromatic nitrogens is 2. The van der Waals surface area contributed by atoms with Crippen LogP contribution < -0.4 is 10.2 Å². The summed E-state index contributed by atoms with van der Waals surface area (Å²) in [6.07, 6.45) is 2.06. The molecule has 0 saturated carbocycles. The van der Waals surface area contributed by atoms with Crippen LogP contribution >= 0.6 is 0 Å². The lowest BCUT2D eigenvalue weighted by Crippen LogP contribution is -2.33. The fourth-order valence-corrected chi connectivity index (χ4v) is 4.13. The van der Waals surface area contributed by atoms with Gasteiger partial charge in [0.1, 0.15) is 17.5 Å². The Kier molecular flexibility index (Phi) is 5.87. The first-order valence-corrected chi connectivity index (χ1v) is 10.5. The number of nitriles is 1. The Morgan fingerprint density at radius 2 is 2.10 bits per heavy atom. The van der Waals surface area contributed by atoms with Gasteiger partial charge < -0.3 is 15.5 Å². The third kappa shape index (κ3) is 4.10. The molecule has 0 radical (unpaired) electrons. The van der Waals surface area contributed by atoms with Crippen LogP contribution in [0, 0.1) is 16.7 Å². The summed E-state index contributed by atoms with van der Waals surface area (Å²) in [5, 5.41) is 32.7. The number of rotatable bonds is 6. The number of hydrogen-bond acceptors (Lipinski definition) is 8. The van der Waals surface area contributed by atoms with Crippen molar-refractivity contribution in [3.05, 3.63) is 42.1 Å². The molecule has 1 unspecified atom stereocenters. The molecule has 3 N–H and O–H groups in total. The Bertz CT molecular complexity index is 991. The molecule has 2 aromatic rings. The Hall–Kier alpha value is -3.06. The van der Waals surface area contributed by atoms with Crippen molar-refractivity contribution in [1.29, 1.82) is 5.26 Å². The number of anilines is 3. The van der Waals surface area contributed by atoms with Gasteiger partial charge in [-0.1, -0.05) is 19.1 Å². The Balaban J connectivity index is 1.45. The van der Waals surface area contributed by atoms with Gasteiger partial charge in [0.05, 0.1) is 12.2 Å². The molecule has 31 heavy (non-hydrogen) atoms. The van der Waals surface area contributed by atoms with E-state index in [0.717, 1.165) is 11.3 Å². The van der Waals surface area contributed by atoms with Crippen molar-refractivity contribution in [2.75, 3.05) is 29.9 Å². The highest BCUT2D eigenvalue weighted by atomic mass is 16.3. The first-order valence-electron chi connectivity index (χ1n) is 10.5. The summed E-state index contributed by atoms with van der Waals surface area (Å²) in [7, 11) is 0. The molecule has 162 valence electrons. The van der Waals surface area contributed by atoms with Crippen LogP contribution in [0.2, 0.25) is 0 Å². The maximum Gasteiger partial charge on any atom is 0.248 e. The maximum absolute atomic E-state index is 12.8. The molecule has 1 aromatic heterocycles. The molecule has 2 aliphatic heterocycles. The largest absolute Gasteiger partial charge is 0.392 e. The van der Waals surface area contributed by atoms with E-state index in [-0.39, 0.29) is 5.91 Å². The number of benzene rings is 1. The van der Waals surface area contributed by atoms with Crippen molar-refractivity contribution < 1.29 is 15.0 Å². The third-order valence-corrected chi connectivity index (χ3v) is 6.16. The summed E-state index contributed by atoms with van der Waals surface area (Å²) < 4.78 is 0. The zero-order valence-electron chi connectivity index (χ0n) is 17.4. The zero-order chi connectivity index (χ0) is 22.0. The van der Waals surface area contributed by atoms with Crippen LogP contribution in [0.5, 0.6) is 0 Å². The molecule has 4 rings (SSSR count). The summed E-state index contributed by atoms with van der Waals surface area (Å²) in [5.74, 6) is 0.590. The van der Waals surface area contributed by atoms with Crippen LogP contribution in [0.4, 0.5) is 17.5 Å². The first kappa shape index (κ1) is 21.2. The lowest BCUT2D eigenvalue weighted by molar-refractivity contribution is -0.123. The highest BCUT2D eigenvalue weighted by Gasteiger charge is 2.46. The van der Waals surface area contributed by atoms with E-state index in [0.29, 0.717) is 50.7 Å². The molecule has 0 aliphatic carbocycles. The number of carbonyl (C=O) groups excluding carboxylic acids is 1. The van der Waals surface area contributed by atoms with Crippen molar-refractivity contribution in [1.82, 2.24) is 14.9 Å². The van der Waals surface area contributed by atoms with E-state index in [1.54, 1.807) is 17.2 Å². The molecule has 1 amide bonds. The van der Waals surface area contributed by atoms with E-state index in [9.17, 15) is 20.3 Å². The maximum atomic E-state index is 12.8. The number of β-amino-alcohol motifs (C(OH)–C–C–N with tert-alkyl or cyclic N) is 1. The Morgan fingerprint density at radius 3 is 2.71 bits per heavy atom. The summed E-state index contributed by atoms with van der Waals surface area (Å²) in [5.41, 5.74) is 0.507. The molecular formula is C22H26N6O3. The second kappa shape index (κ2) is 8.59. The number of nitrogens with zero attached hydrogens (tertiary/aromatic N) is 5. The van der Waals surface area contributed by atoms with Gasteiger partial charge in [-0.15, -0.1) is 0 Å². The molecule has 0 bridgehead atoms. The minimum atomic E-state index is -0.972. The molecule has 9 heteroatoms. The van der Waals surface area contributed by atoms with E-state index >= 15 is 0 Å². The lowest BCUT2D eigenvalue weighted by atomic mass is 9.85. The molecule has 9 nitrogen and oxygen atoms in total.